The summed E-state index contributed by atoms with van der Waals surface area (Å²) in [6.45, 7) is 2.04. The van der Waals surface area contributed by atoms with E-state index in [2.05, 4.69) is 0 Å². The van der Waals surface area contributed by atoms with Gasteiger partial charge in [-0.3, -0.25) is 0 Å². The summed E-state index contributed by atoms with van der Waals surface area (Å²) in [6.07, 6.45) is 1.71. The van der Waals surface area contributed by atoms with Gasteiger partial charge in [-0.15, -0.1) is 23.4 Å². The van der Waals surface area contributed by atoms with E-state index in [4.69, 9.17) is 16.0 Å². The fourth-order valence-electron chi connectivity index (χ4n) is 0.683. The zero-order valence-corrected chi connectivity index (χ0v) is 7.34. The molecule has 3 heteroatoms. The van der Waals surface area contributed by atoms with E-state index < -0.39 is 0 Å². The molecule has 10 heavy (non-hydrogen) atoms. The largest absolute Gasteiger partial charge is 0.468 e. The average molecular weight is 177 g/mol. The highest BCUT2D eigenvalue weighted by Crippen LogP contribution is 2.17. The Morgan fingerprint density at radius 3 is 3.00 bits per heavy atom. The van der Waals surface area contributed by atoms with E-state index in [1.807, 2.05) is 13.0 Å². The van der Waals surface area contributed by atoms with Crippen LogP contribution in [-0.4, -0.2) is 5.21 Å². The van der Waals surface area contributed by atoms with Crippen LogP contribution in [0.2, 0.25) is 0 Å². The summed E-state index contributed by atoms with van der Waals surface area (Å²) in [5, 5.41) is 0.625. The molecule has 0 aromatic carbocycles. The van der Waals surface area contributed by atoms with Gasteiger partial charge in [-0.05, 0) is 18.6 Å². The van der Waals surface area contributed by atoms with E-state index in [1.165, 1.54) is 5.56 Å². The van der Waals surface area contributed by atoms with E-state index in [0.717, 1.165) is 11.5 Å². The molecule has 0 fully saturated rings. The molecule has 0 amide bonds. The molecule has 0 saturated carbocycles. The van der Waals surface area contributed by atoms with Crippen LogP contribution in [0, 0.1) is 6.92 Å². The lowest BCUT2D eigenvalue weighted by Gasteiger charge is -1.93. The lowest BCUT2D eigenvalue weighted by Crippen LogP contribution is -1.78. The molecule has 0 radical (unpaired) electrons. The second-order valence-electron chi connectivity index (χ2n) is 1.98. The highest BCUT2D eigenvalue weighted by Gasteiger charge is 1.99. The lowest BCUT2D eigenvalue weighted by atomic mass is 10.3. The SMILES string of the molecule is Cc1ccoc1CSCCl. The Morgan fingerprint density at radius 1 is 1.70 bits per heavy atom. The third kappa shape index (κ3) is 1.96. The van der Waals surface area contributed by atoms with Crippen LogP contribution in [-0.2, 0) is 5.75 Å². The van der Waals surface area contributed by atoms with Crippen molar-refractivity contribution in [3.8, 4) is 0 Å². The van der Waals surface area contributed by atoms with Crippen molar-refractivity contribution >= 4 is 23.4 Å². The van der Waals surface area contributed by atoms with Crippen LogP contribution >= 0.6 is 23.4 Å². The number of aryl methyl sites for hydroxylation is 1. The summed E-state index contributed by atoms with van der Waals surface area (Å²) < 4.78 is 5.19. The predicted molar refractivity (Wildman–Crippen MR) is 45.5 cm³/mol. The Kier molecular flexibility index (Phi) is 3.16. The molecule has 1 nitrogen and oxygen atoms in total. The zero-order valence-electron chi connectivity index (χ0n) is 5.76. The van der Waals surface area contributed by atoms with Crippen LogP contribution < -0.4 is 0 Å². The summed E-state index contributed by atoms with van der Waals surface area (Å²) in [6, 6.07) is 1.96. The van der Waals surface area contributed by atoms with Gasteiger partial charge in [0.2, 0.25) is 0 Å². The maximum Gasteiger partial charge on any atom is 0.116 e. The second-order valence-corrected chi connectivity index (χ2v) is 3.55. The fourth-order valence-corrected chi connectivity index (χ4v) is 1.47. The lowest BCUT2D eigenvalue weighted by molar-refractivity contribution is 0.528. The third-order valence-electron chi connectivity index (χ3n) is 1.28. The molecule has 0 atom stereocenters. The van der Waals surface area contributed by atoms with E-state index in [0.29, 0.717) is 5.21 Å². The second kappa shape index (κ2) is 3.94. The highest BCUT2D eigenvalue weighted by molar-refractivity contribution is 7.99. The minimum absolute atomic E-state index is 0.625. The van der Waals surface area contributed by atoms with Crippen molar-refractivity contribution in [1.82, 2.24) is 0 Å². The van der Waals surface area contributed by atoms with Crippen LogP contribution in [0.15, 0.2) is 16.7 Å². The van der Waals surface area contributed by atoms with E-state index >= 15 is 0 Å². The fraction of sp³-hybridized carbons (Fsp3) is 0.429. The topological polar surface area (TPSA) is 13.1 Å². The van der Waals surface area contributed by atoms with Crippen molar-refractivity contribution in [3.63, 3.8) is 0 Å². The van der Waals surface area contributed by atoms with E-state index in [1.54, 1.807) is 18.0 Å². The summed E-state index contributed by atoms with van der Waals surface area (Å²) in [5.41, 5.74) is 1.21. The number of halogens is 1. The van der Waals surface area contributed by atoms with Gasteiger partial charge >= 0.3 is 0 Å². The molecule has 0 bridgehead atoms. The Labute approximate surface area is 69.7 Å². The van der Waals surface area contributed by atoms with Crippen LogP contribution in [0.3, 0.4) is 0 Å². The minimum atomic E-state index is 0.625. The molecular formula is C7H9ClOS. The van der Waals surface area contributed by atoms with Crippen LogP contribution in [0.5, 0.6) is 0 Å². The van der Waals surface area contributed by atoms with Crippen molar-refractivity contribution in [1.29, 1.82) is 0 Å². The van der Waals surface area contributed by atoms with Crippen LogP contribution in [0.1, 0.15) is 11.3 Å². The zero-order chi connectivity index (χ0) is 7.40. The van der Waals surface area contributed by atoms with Crippen molar-refractivity contribution in [2.45, 2.75) is 12.7 Å². The number of thioether (sulfide) groups is 1. The molecular weight excluding hydrogens is 168 g/mol. The Hall–Kier alpha value is -0.0800. The average Bonchev–Trinajstić information content (AvgIpc) is 2.31. The van der Waals surface area contributed by atoms with Gasteiger partial charge in [0, 0.05) is 0 Å². The quantitative estimate of drug-likeness (QED) is 0.657. The Morgan fingerprint density at radius 2 is 2.50 bits per heavy atom. The number of alkyl halides is 1. The van der Waals surface area contributed by atoms with Crippen molar-refractivity contribution < 1.29 is 4.42 Å². The maximum atomic E-state index is 5.49. The van der Waals surface area contributed by atoms with E-state index in [9.17, 15) is 0 Å². The molecule has 0 saturated heterocycles. The monoisotopic (exact) mass is 176 g/mol. The summed E-state index contributed by atoms with van der Waals surface area (Å²) >= 11 is 7.14. The van der Waals surface area contributed by atoms with Gasteiger partial charge in [0.25, 0.3) is 0 Å². The standard InChI is InChI=1S/C7H9ClOS/c1-6-2-3-9-7(6)4-10-5-8/h2-3H,4-5H2,1H3. The van der Waals surface area contributed by atoms with Gasteiger partial charge in [-0.1, -0.05) is 0 Å². The number of hydrogen-bond acceptors (Lipinski definition) is 2. The van der Waals surface area contributed by atoms with Crippen LogP contribution in [0.25, 0.3) is 0 Å². The van der Waals surface area contributed by atoms with Gasteiger partial charge in [0.15, 0.2) is 0 Å². The first-order valence-electron chi connectivity index (χ1n) is 3.01. The Bertz CT molecular complexity index is 197. The normalized spacial score (nSPS) is 10.2. The van der Waals surface area contributed by atoms with E-state index in [-0.39, 0.29) is 0 Å². The molecule has 0 spiro atoms. The molecule has 56 valence electrons. The van der Waals surface area contributed by atoms with Gasteiger partial charge in [-0.25, -0.2) is 0 Å². The number of furan rings is 1. The highest BCUT2D eigenvalue weighted by atomic mass is 35.5. The van der Waals surface area contributed by atoms with Crippen molar-refractivity contribution in [2.75, 3.05) is 5.21 Å². The minimum Gasteiger partial charge on any atom is -0.468 e. The molecule has 0 aliphatic carbocycles. The molecule has 1 rings (SSSR count). The summed E-state index contributed by atoms with van der Waals surface area (Å²) in [7, 11) is 0. The van der Waals surface area contributed by atoms with Gasteiger partial charge in [0.1, 0.15) is 5.76 Å². The van der Waals surface area contributed by atoms with Crippen LogP contribution in [0.4, 0.5) is 0 Å². The van der Waals surface area contributed by atoms with Gasteiger partial charge in [-0.2, -0.15) is 0 Å². The molecule has 0 unspecified atom stereocenters. The third-order valence-corrected chi connectivity index (χ3v) is 2.36. The molecule has 1 aromatic heterocycles. The molecule has 1 heterocycles. The Balaban J connectivity index is 2.49. The summed E-state index contributed by atoms with van der Waals surface area (Å²) in [5.74, 6) is 1.91. The first kappa shape index (κ1) is 8.02. The first-order chi connectivity index (χ1) is 4.84. The van der Waals surface area contributed by atoms with Crippen molar-refractivity contribution in [3.05, 3.63) is 23.7 Å². The van der Waals surface area contributed by atoms with Gasteiger partial charge in [0.05, 0.1) is 17.2 Å². The first-order valence-corrected chi connectivity index (χ1v) is 4.70. The molecule has 1 aromatic rings. The number of hydrogen-bond donors (Lipinski definition) is 0. The number of rotatable bonds is 3. The predicted octanol–water partition coefficient (Wildman–Crippen LogP) is 3.02. The van der Waals surface area contributed by atoms with Crippen molar-refractivity contribution in [2.24, 2.45) is 0 Å². The summed E-state index contributed by atoms with van der Waals surface area (Å²) in [4.78, 5) is 0. The van der Waals surface area contributed by atoms with Gasteiger partial charge < -0.3 is 4.42 Å². The molecule has 0 N–H and O–H groups in total. The smallest absolute Gasteiger partial charge is 0.116 e. The molecule has 0 aliphatic heterocycles. The molecule has 0 aliphatic rings. The maximum absolute atomic E-state index is 5.49.